The van der Waals surface area contributed by atoms with E-state index in [2.05, 4.69) is 0 Å². The summed E-state index contributed by atoms with van der Waals surface area (Å²) >= 11 is 0. The minimum absolute atomic E-state index is 0.0803. The lowest BCUT2D eigenvalue weighted by Gasteiger charge is -2.52. The molecule has 6 nitrogen and oxygen atoms in total. The lowest BCUT2D eigenvalue weighted by molar-refractivity contribution is -0.0886. The number of carbonyl (C=O) groups is 2. The molecule has 2 fully saturated rings. The van der Waals surface area contributed by atoms with Gasteiger partial charge in [-0.15, -0.1) is 0 Å². The van der Waals surface area contributed by atoms with Crippen LogP contribution in [0.4, 0.5) is 0 Å². The van der Waals surface area contributed by atoms with Gasteiger partial charge in [0.05, 0.1) is 18.8 Å². The van der Waals surface area contributed by atoms with Gasteiger partial charge in [-0.1, -0.05) is 6.92 Å². The van der Waals surface area contributed by atoms with E-state index in [4.69, 9.17) is 14.3 Å². The van der Waals surface area contributed by atoms with Gasteiger partial charge in [-0.05, 0) is 19.3 Å². The number of amides is 1. The third kappa shape index (κ3) is 2.23. The molecule has 1 aliphatic carbocycles. The van der Waals surface area contributed by atoms with Crippen LogP contribution < -0.4 is 0 Å². The number of hydrogen-bond acceptors (Lipinski definition) is 4. The smallest absolute Gasteiger partial charge is 0.339 e. The fourth-order valence-corrected chi connectivity index (χ4v) is 3.16. The van der Waals surface area contributed by atoms with Crippen LogP contribution in [0.5, 0.6) is 0 Å². The summed E-state index contributed by atoms with van der Waals surface area (Å²) in [5.74, 6) is -0.811. The van der Waals surface area contributed by atoms with Gasteiger partial charge in [0.25, 0.3) is 5.91 Å². The molecule has 0 bridgehead atoms. The van der Waals surface area contributed by atoms with Crippen molar-refractivity contribution in [1.82, 2.24) is 4.90 Å². The minimum Gasteiger partial charge on any atom is -0.478 e. The molecule has 1 amide bonds. The fraction of sp³-hybridized carbons (Fsp3) is 0.600. The highest BCUT2D eigenvalue weighted by Crippen LogP contribution is 2.40. The van der Waals surface area contributed by atoms with E-state index in [0.29, 0.717) is 31.9 Å². The van der Waals surface area contributed by atoms with Crippen molar-refractivity contribution < 1.29 is 23.8 Å². The van der Waals surface area contributed by atoms with E-state index in [0.717, 1.165) is 19.3 Å². The molecule has 0 atom stereocenters. The Morgan fingerprint density at radius 3 is 2.71 bits per heavy atom. The summed E-state index contributed by atoms with van der Waals surface area (Å²) in [6, 6.07) is 1.35. The second kappa shape index (κ2) is 5.18. The second-order valence-electron chi connectivity index (χ2n) is 5.69. The Labute approximate surface area is 122 Å². The molecule has 3 rings (SSSR count). The number of ether oxygens (including phenoxy) is 1. The molecule has 0 unspecified atom stereocenters. The molecule has 21 heavy (non-hydrogen) atoms. The molecular formula is C15H19NO5. The summed E-state index contributed by atoms with van der Waals surface area (Å²) < 4.78 is 11.0. The maximum atomic E-state index is 12.7. The maximum absolute atomic E-state index is 12.7. The Morgan fingerprint density at radius 1 is 1.43 bits per heavy atom. The Hall–Kier alpha value is -1.82. The molecule has 6 heteroatoms. The number of hydrogen-bond donors (Lipinski definition) is 1. The van der Waals surface area contributed by atoms with Gasteiger partial charge in [0.15, 0.2) is 5.76 Å². The van der Waals surface area contributed by atoms with Gasteiger partial charge in [-0.3, -0.25) is 4.79 Å². The highest BCUT2D eigenvalue weighted by atomic mass is 16.5. The highest BCUT2D eigenvalue weighted by Gasteiger charge is 2.47. The standard InChI is InChI=1S/C15H19NO5/c1-2-11-10(14(18)19)8-12(21-11)13(17)16-6-7-20-9-15(16)4-3-5-15/h8H,2-7,9H2,1H3,(H,18,19). The molecule has 2 heterocycles. The van der Waals surface area contributed by atoms with Crippen molar-refractivity contribution in [1.29, 1.82) is 0 Å². The van der Waals surface area contributed by atoms with Crippen LogP contribution in [-0.4, -0.2) is 47.2 Å². The summed E-state index contributed by atoms with van der Waals surface area (Å²) in [4.78, 5) is 25.7. The highest BCUT2D eigenvalue weighted by molar-refractivity contribution is 5.96. The van der Waals surface area contributed by atoms with Gasteiger partial charge in [-0.2, -0.15) is 0 Å². The first-order chi connectivity index (χ1) is 10.1. The first-order valence-corrected chi connectivity index (χ1v) is 7.33. The molecule has 1 saturated heterocycles. The SMILES string of the molecule is CCc1oc(C(=O)N2CCOCC23CCC3)cc1C(=O)O. The van der Waals surface area contributed by atoms with Crippen LogP contribution in [0, 0.1) is 0 Å². The van der Waals surface area contributed by atoms with Crippen LogP contribution in [0.15, 0.2) is 10.5 Å². The van der Waals surface area contributed by atoms with E-state index in [9.17, 15) is 9.59 Å². The number of aryl methyl sites for hydroxylation is 1. The zero-order valence-corrected chi connectivity index (χ0v) is 12.1. The number of nitrogens with zero attached hydrogens (tertiary/aromatic N) is 1. The third-order valence-electron chi connectivity index (χ3n) is 4.50. The molecule has 114 valence electrons. The Kier molecular flexibility index (Phi) is 3.49. The summed E-state index contributed by atoms with van der Waals surface area (Å²) in [7, 11) is 0. The van der Waals surface area contributed by atoms with Crippen LogP contribution in [0.2, 0.25) is 0 Å². The first-order valence-electron chi connectivity index (χ1n) is 7.33. The average molecular weight is 293 g/mol. The van der Waals surface area contributed by atoms with E-state index >= 15 is 0 Å². The number of carbonyl (C=O) groups excluding carboxylic acids is 1. The Morgan fingerprint density at radius 2 is 2.19 bits per heavy atom. The van der Waals surface area contributed by atoms with Crippen LogP contribution >= 0.6 is 0 Å². The predicted molar refractivity (Wildman–Crippen MR) is 73.5 cm³/mol. The van der Waals surface area contributed by atoms with Crippen molar-refractivity contribution in [2.75, 3.05) is 19.8 Å². The van der Waals surface area contributed by atoms with Gasteiger partial charge >= 0.3 is 5.97 Å². The molecule has 0 aromatic carbocycles. The quantitative estimate of drug-likeness (QED) is 0.921. The summed E-state index contributed by atoms with van der Waals surface area (Å²) in [5, 5.41) is 9.16. The lowest BCUT2D eigenvalue weighted by Crippen LogP contribution is -2.62. The number of rotatable bonds is 3. The van der Waals surface area contributed by atoms with Crippen molar-refractivity contribution in [3.8, 4) is 0 Å². The van der Waals surface area contributed by atoms with Crippen LogP contribution in [-0.2, 0) is 11.2 Å². The fourth-order valence-electron chi connectivity index (χ4n) is 3.16. The normalized spacial score (nSPS) is 20.3. The molecule has 1 aromatic heterocycles. The van der Waals surface area contributed by atoms with E-state index < -0.39 is 5.97 Å². The van der Waals surface area contributed by atoms with Crippen LogP contribution in [0.1, 0.15) is 52.9 Å². The largest absolute Gasteiger partial charge is 0.478 e. The van der Waals surface area contributed by atoms with E-state index in [1.807, 2.05) is 11.8 Å². The minimum atomic E-state index is -1.06. The summed E-state index contributed by atoms with van der Waals surface area (Å²) in [6.45, 7) is 3.41. The van der Waals surface area contributed by atoms with E-state index in [1.54, 1.807) is 0 Å². The Balaban J connectivity index is 1.89. The second-order valence-corrected chi connectivity index (χ2v) is 5.69. The number of morpholine rings is 1. The molecule has 1 N–H and O–H groups in total. The van der Waals surface area contributed by atoms with Gasteiger partial charge < -0.3 is 19.2 Å². The van der Waals surface area contributed by atoms with Gasteiger partial charge in [0.2, 0.25) is 0 Å². The predicted octanol–water partition coefficient (Wildman–Crippen LogP) is 1.94. The molecule has 1 saturated carbocycles. The van der Waals surface area contributed by atoms with Crippen molar-refractivity contribution in [3.05, 3.63) is 23.2 Å². The van der Waals surface area contributed by atoms with E-state index in [-0.39, 0.29) is 22.8 Å². The van der Waals surface area contributed by atoms with E-state index in [1.165, 1.54) is 6.07 Å². The maximum Gasteiger partial charge on any atom is 0.339 e. The van der Waals surface area contributed by atoms with Gasteiger partial charge in [0.1, 0.15) is 11.3 Å². The van der Waals surface area contributed by atoms with Crippen molar-refractivity contribution in [3.63, 3.8) is 0 Å². The monoisotopic (exact) mass is 293 g/mol. The molecule has 1 aromatic rings. The molecule has 1 aliphatic heterocycles. The zero-order chi connectivity index (χ0) is 15.0. The van der Waals surface area contributed by atoms with Crippen molar-refractivity contribution >= 4 is 11.9 Å². The van der Waals surface area contributed by atoms with Crippen molar-refractivity contribution in [2.45, 2.75) is 38.1 Å². The number of aromatic carboxylic acids is 1. The lowest BCUT2D eigenvalue weighted by atomic mass is 9.75. The third-order valence-corrected chi connectivity index (χ3v) is 4.50. The Bertz CT molecular complexity index is 573. The number of furan rings is 1. The number of carboxylic acid groups (broad SMARTS) is 1. The molecule has 1 spiro atoms. The van der Waals surface area contributed by atoms with Gasteiger partial charge in [-0.25, -0.2) is 4.79 Å². The molecule has 0 radical (unpaired) electrons. The molecular weight excluding hydrogens is 274 g/mol. The summed E-state index contributed by atoms with van der Waals surface area (Å²) in [6.07, 6.45) is 3.41. The summed E-state index contributed by atoms with van der Waals surface area (Å²) in [5.41, 5.74) is -0.130. The van der Waals surface area contributed by atoms with Gasteiger partial charge in [0, 0.05) is 19.0 Å². The first kappa shape index (κ1) is 14.1. The topological polar surface area (TPSA) is 80.0 Å². The number of carboxylic acids is 1. The molecule has 2 aliphatic rings. The zero-order valence-electron chi connectivity index (χ0n) is 12.1. The van der Waals surface area contributed by atoms with Crippen LogP contribution in [0.3, 0.4) is 0 Å². The average Bonchev–Trinajstić information content (AvgIpc) is 2.89. The van der Waals surface area contributed by atoms with Crippen LogP contribution in [0.25, 0.3) is 0 Å². The van der Waals surface area contributed by atoms with Crippen molar-refractivity contribution in [2.24, 2.45) is 0 Å².